The number of para-hydroxylation sites is 1. The Kier molecular flexibility index (Phi) is 4.51. The second kappa shape index (κ2) is 7.78. The first-order valence-corrected chi connectivity index (χ1v) is 11.9. The largest absolute Gasteiger partial charge is 0.417 e. The Bertz CT molecular complexity index is 1690. The van der Waals surface area contributed by atoms with E-state index in [0.29, 0.717) is 46.1 Å². The standard InChI is InChI=1S/C28H21FN4O3/c29-20-6-2-1-4-18(20)16-10-12-17(13-11-16)25-22-23(19-5-3-7-21-26(19)36-28(35)30-21)31-32-24(22)27(34)33(25)14-15-8-9-15/h1-7,10-13,15,25H,8-9,14H2,(H,30,35)(H,31,32). The molecule has 2 N–H and O–H groups in total. The average Bonchev–Trinajstić information content (AvgIpc) is 3.36. The van der Waals surface area contributed by atoms with Gasteiger partial charge in [0, 0.05) is 23.2 Å². The lowest BCUT2D eigenvalue weighted by Crippen LogP contribution is -2.31. The van der Waals surface area contributed by atoms with Crippen LogP contribution >= 0.6 is 0 Å². The highest BCUT2D eigenvalue weighted by Gasteiger charge is 2.44. The summed E-state index contributed by atoms with van der Waals surface area (Å²) in [5.41, 5.74) is 5.59. The van der Waals surface area contributed by atoms with Gasteiger partial charge in [0.1, 0.15) is 17.2 Å². The van der Waals surface area contributed by atoms with Crippen molar-refractivity contribution in [2.75, 3.05) is 6.54 Å². The van der Waals surface area contributed by atoms with Crippen LogP contribution in [0.25, 0.3) is 33.5 Å². The number of oxazole rings is 1. The Balaban J connectivity index is 1.37. The maximum Gasteiger partial charge on any atom is 0.417 e. The zero-order chi connectivity index (χ0) is 24.4. The summed E-state index contributed by atoms with van der Waals surface area (Å²) >= 11 is 0. The summed E-state index contributed by atoms with van der Waals surface area (Å²) in [4.78, 5) is 30.0. The van der Waals surface area contributed by atoms with Crippen LogP contribution in [0.2, 0.25) is 0 Å². The van der Waals surface area contributed by atoms with Crippen molar-refractivity contribution in [1.29, 1.82) is 0 Å². The second-order valence-corrected chi connectivity index (χ2v) is 9.46. The molecule has 7 rings (SSSR count). The first kappa shape index (κ1) is 20.9. The summed E-state index contributed by atoms with van der Waals surface area (Å²) in [7, 11) is 0. The van der Waals surface area contributed by atoms with Crippen molar-refractivity contribution in [2.45, 2.75) is 18.9 Å². The van der Waals surface area contributed by atoms with Gasteiger partial charge in [-0.05, 0) is 48.1 Å². The minimum Gasteiger partial charge on any atom is -0.407 e. The van der Waals surface area contributed by atoms with Crippen LogP contribution in [0.5, 0.6) is 0 Å². The summed E-state index contributed by atoms with van der Waals surface area (Å²) < 4.78 is 19.8. The van der Waals surface area contributed by atoms with Gasteiger partial charge in [-0.2, -0.15) is 5.10 Å². The third-order valence-corrected chi connectivity index (χ3v) is 7.13. The lowest BCUT2D eigenvalue weighted by atomic mass is 9.94. The van der Waals surface area contributed by atoms with Gasteiger partial charge in [0.15, 0.2) is 5.58 Å². The number of fused-ring (bicyclic) bond motifs is 2. The number of rotatable bonds is 5. The zero-order valence-electron chi connectivity index (χ0n) is 19.1. The zero-order valence-corrected chi connectivity index (χ0v) is 19.1. The molecule has 0 saturated heterocycles. The Morgan fingerprint density at radius 3 is 2.53 bits per heavy atom. The van der Waals surface area contributed by atoms with Crippen molar-refractivity contribution in [1.82, 2.24) is 20.1 Å². The van der Waals surface area contributed by atoms with Crippen LogP contribution in [0, 0.1) is 11.7 Å². The van der Waals surface area contributed by atoms with Gasteiger partial charge >= 0.3 is 5.76 Å². The van der Waals surface area contributed by atoms with Crippen molar-refractivity contribution in [3.8, 4) is 22.4 Å². The fraction of sp³-hybridized carbons (Fsp3) is 0.179. The second-order valence-electron chi connectivity index (χ2n) is 9.46. The number of aromatic amines is 2. The molecule has 1 fully saturated rings. The smallest absolute Gasteiger partial charge is 0.407 e. The number of nitrogens with one attached hydrogen (secondary N) is 2. The number of hydrogen-bond acceptors (Lipinski definition) is 4. The first-order chi connectivity index (χ1) is 17.6. The van der Waals surface area contributed by atoms with Crippen molar-refractivity contribution < 1.29 is 13.6 Å². The third-order valence-electron chi connectivity index (χ3n) is 7.13. The molecule has 1 unspecified atom stereocenters. The molecule has 7 nitrogen and oxygen atoms in total. The maximum atomic E-state index is 14.4. The Morgan fingerprint density at radius 1 is 0.972 bits per heavy atom. The fourth-order valence-electron chi connectivity index (χ4n) is 5.22. The molecule has 178 valence electrons. The van der Waals surface area contributed by atoms with E-state index in [2.05, 4.69) is 15.2 Å². The molecule has 8 heteroatoms. The van der Waals surface area contributed by atoms with E-state index in [1.165, 1.54) is 6.07 Å². The normalized spacial score (nSPS) is 17.2. The molecule has 1 aliphatic heterocycles. The highest BCUT2D eigenvalue weighted by atomic mass is 19.1. The molecule has 1 saturated carbocycles. The van der Waals surface area contributed by atoms with Crippen LogP contribution in [-0.4, -0.2) is 32.5 Å². The van der Waals surface area contributed by atoms with E-state index in [1.807, 2.05) is 47.4 Å². The Hall–Kier alpha value is -4.46. The molecule has 0 radical (unpaired) electrons. The molecule has 0 bridgehead atoms. The molecule has 1 aliphatic carbocycles. The SMILES string of the molecule is O=C1c2[nH]nc(-c3cccc4[nH]c(=O)oc34)c2C(c2ccc(-c3ccccc3F)cc2)N1CC1CC1. The predicted molar refractivity (Wildman–Crippen MR) is 132 cm³/mol. The van der Waals surface area contributed by atoms with Gasteiger partial charge in [-0.25, -0.2) is 9.18 Å². The lowest BCUT2D eigenvalue weighted by Gasteiger charge is -2.26. The molecule has 5 aromatic rings. The molecule has 2 aliphatic rings. The molecule has 1 atom stereocenters. The number of benzene rings is 3. The first-order valence-electron chi connectivity index (χ1n) is 11.9. The van der Waals surface area contributed by atoms with Crippen LogP contribution in [0.3, 0.4) is 0 Å². The van der Waals surface area contributed by atoms with Crippen molar-refractivity contribution >= 4 is 17.0 Å². The monoisotopic (exact) mass is 480 g/mol. The highest BCUT2D eigenvalue weighted by Crippen LogP contribution is 2.46. The quantitative estimate of drug-likeness (QED) is 0.358. The minimum atomic E-state index is -0.545. The number of H-pyrrole nitrogens is 2. The van der Waals surface area contributed by atoms with Gasteiger partial charge in [0.2, 0.25) is 0 Å². The molecule has 1 amide bonds. The van der Waals surface area contributed by atoms with Gasteiger partial charge in [0.05, 0.1) is 11.6 Å². The van der Waals surface area contributed by atoms with Gasteiger partial charge in [-0.15, -0.1) is 0 Å². The molecule has 2 aromatic heterocycles. The molecule has 3 aromatic carbocycles. The number of aromatic nitrogens is 3. The van der Waals surface area contributed by atoms with Gasteiger partial charge in [-0.1, -0.05) is 48.5 Å². The van der Waals surface area contributed by atoms with Gasteiger partial charge in [0.25, 0.3) is 5.91 Å². The lowest BCUT2D eigenvalue weighted by molar-refractivity contribution is 0.0735. The summed E-state index contributed by atoms with van der Waals surface area (Å²) in [5, 5.41) is 7.45. The topological polar surface area (TPSA) is 95.0 Å². The summed E-state index contributed by atoms with van der Waals surface area (Å²) in [6.45, 7) is 0.657. The molecule has 3 heterocycles. The molecular formula is C28H21FN4O3. The number of carbonyl (C=O) groups excluding carboxylic acids is 1. The van der Waals surface area contributed by atoms with E-state index in [4.69, 9.17) is 4.42 Å². The minimum absolute atomic E-state index is 0.0958. The van der Waals surface area contributed by atoms with Crippen molar-refractivity contribution in [3.05, 3.63) is 99.9 Å². The summed E-state index contributed by atoms with van der Waals surface area (Å²) in [6.07, 6.45) is 2.21. The predicted octanol–water partition coefficient (Wildman–Crippen LogP) is 5.27. The van der Waals surface area contributed by atoms with E-state index in [-0.39, 0.29) is 17.8 Å². The number of carbonyl (C=O) groups is 1. The highest BCUT2D eigenvalue weighted by molar-refractivity contribution is 6.02. The van der Waals surface area contributed by atoms with Gasteiger partial charge < -0.3 is 9.32 Å². The summed E-state index contributed by atoms with van der Waals surface area (Å²) in [5.74, 6) is -0.435. The van der Waals surface area contributed by atoms with Crippen LogP contribution in [-0.2, 0) is 0 Å². The number of nitrogens with zero attached hydrogens (tertiary/aromatic N) is 2. The maximum absolute atomic E-state index is 14.4. The van der Waals surface area contributed by atoms with Crippen molar-refractivity contribution in [3.63, 3.8) is 0 Å². The van der Waals surface area contributed by atoms with Crippen LogP contribution < -0.4 is 5.76 Å². The summed E-state index contributed by atoms with van der Waals surface area (Å²) in [6, 6.07) is 19.4. The number of amides is 1. The Morgan fingerprint density at radius 2 is 1.75 bits per heavy atom. The Labute approximate surface area is 204 Å². The molecular weight excluding hydrogens is 459 g/mol. The van der Waals surface area contributed by atoms with Crippen LogP contribution in [0.4, 0.5) is 4.39 Å². The molecule has 0 spiro atoms. The number of hydrogen-bond donors (Lipinski definition) is 2. The van der Waals surface area contributed by atoms with E-state index in [1.54, 1.807) is 18.2 Å². The van der Waals surface area contributed by atoms with Crippen molar-refractivity contribution in [2.24, 2.45) is 5.92 Å². The number of halogens is 1. The fourth-order valence-corrected chi connectivity index (χ4v) is 5.22. The molecule has 36 heavy (non-hydrogen) atoms. The van der Waals surface area contributed by atoms with Crippen LogP contribution in [0.1, 0.15) is 40.5 Å². The van der Waals surface area contributed by atoms with Gasteiger partial charge in [-0.3, -0.25) is 14.9 Å². The van der Waals surface area contributed by atoms with E-state index < -0.39 is 5.76 Å². The van der Waals surface area contributed by atoms with E-state index in [9.17, 15) is 14.0 Å². The average molecular weight is 480 g/mol. The third kappa shape index (κ3) is 3.21. The van der Waals surface area contributed by atoms with E-state index in [0.717, 1.165) is 29.5 Å². The van der Waals surface area contributed by atoms with E-state index >= 15 is 0 Å². The van der Waals surface area contributed by atoms with Crippen LogP contribution in [0.15, 0.2) is 75.9 Å².